The molecular weight excluding hydrogens is 504 g/mol. The van der Waals surface area contributed by atoms with E-state index < -0.39 is 10.0 Å². The summed E-state index contributed by atoms with van der Waals surface area (Å²) in [6.45, 7) is 2.08. The molecule has 0 bridgehead atoms. The third-order valence-electron chi connectivity index (χ3n) is 6.80. The van der Waals surface area contributed by atoms with Crippen LogP contribution < -0.4 is 10.6 Å². The fourth-order valence-electron chi connectivity index (χ4n) is 4.67. The van der Waals surface area contributed by atoms with Crippen molar-refractivity contribution < 1.29 is 13.2 Å². The summed E-state index contributed by atoms with van der Waals surface area (Å²) >= 11 is 5.20. The number of amides is 1. The number of rotatable bonds is 7. The molecule has 1 amide bonds. The Labute approximate surface area is 223 Å². The maximum Gasteiger partial charge on any atom is 0.243 e. The molecule has 7 nitrogen and oxygen atoms in total. The summed E-state index contributed by atoms with van der Waals surface area (Å²) in [5.41, 5.74) is 3.01. The lowest BCUT2D eigenvalue weighted by Gasteiger charge is -2.39. The van der Waals surface area contributed by atoms with Crippen LogP contribution in [0.25, 0.3) is 0 Å². The summed E-state index contributed by atoms with van der Waals surface area (Å²) in [6, 6.07) is 27.2. The van der Waals surface area contributed by atoms with Gasteiger partial charge in [-0.1, -0.05) is 60.7 Å². The molecule has 1 saturated carbocycles. The number of nitrogens with one attached hydrogen (secondary N) is 2. The lowest BCUT2D eigenvalue weighted by atomic mass is 9.96. The van der Waals surface area contributed by atoms with Crippen molar-refractivity contribution in [1.29, 1.82) is 0 Å². The number of carbonyl (C=O) groups is 1. The molecule has 1 aliphatic heterocycles. The van der Waals surface area contributed by atoms with Gasteiger partial charge in [-0.05, 0) is 60.5 Å². The van der Waals surface area contributed by atoms with Crippen molar-refractivity contribution in [2.24, 2.45) is 5.92 Å². The first-order valence-electron chi connectivity index (χ1n) is 12.5. The largest absolute Gasteiger partial charge is 0.332 e. The summed E-state index contributed by atoms with van der Waals surface area (Å²) in [5.74, 6) is -0.0130. The van der Waals surface area contributed by atoms with E-state index in [0.29, 0.717) is 31.9 Å². The first-order chi connectivity index (χ1) is 17.9. The minimum Gasteiger partial charge on any atom is -0.332 e. The van der Waals surface area contributed by atoms with E-state index in [4.69, 9.17) is 12.2 Å². The van der Waals surface area contributed by atoms with Gasteiger partial charge in [0.15, 0.2) is 5.11 Å². The van der Waals surface area contributed by atoms with Gasteiger partial charge in [0.25, 0.3) is 0 Å². The first kappa shape index (κ1) is 25.5. The quantitative estimate of drug-likeness (QED) is 0.446. The Morgan fingerprint density at radius 2 is 1.35 bits per heavy atom. The second-order valence-corrected chi connectivity index (χ2v) is 11.8. The molecule has 0 atom stereocenters. The van der Waals surface area contributed by atoms with Crippen molar-refractivity contribution in [2.75, 3.05) is 31.5 Å². The maximum atomic E-state index is 13.4. The van der Waals surface area contributed by atoms with Crippen LogP contribution >= 0.6 is 12.2 Å². The molecule has 1 heterocycles. The summed E-state index contributed by atoms with van der Waals surface area (Å²) in [6.07, 6.45) is 1.79. The van der Waals surface area contributed by atoms with E-state index in [2.05, 4.69) is 39.8 Å². The third-order valence-corrected chi connectivity index (χ3v) is 8.92. The molecule has 3 aromatic carbocycles. The molecular formula is C28H30N4O3S2. The molecule has 1 saturated heterocycles. The van der Waals surface area contributed by atoms with E-state index in [0.717, 1.165) is 12.8 Å². The van der Waals surface area contributed by atoms with E-state index in [1.165, 1.54) is 11.1 Å². The lowest BCUT2D eigenvalue weighted by molar-refractivity contribution is -0.120. The number of benzene rings is 3. The number of thiocarbonyl (C=S) groups is 1. The minimum absolute atomic E-state index is 0.0587. The molecule has 1 aliphatic carbocycles. The zero-order valence-electron chi connectivity index (χ0n) is 20.4. The Morgan fingerprint density at radius 3 is 1.86 bits per heavy atom. The molecule has 2 aliphatic rings. The topological polar surface area (TPSA) is 81.8 Å². The maximum absolute atomic E-state index is 13.4. The van der Waals surface area contributed by atoms with E-state index in [1.807, 2.05) is 36.4 Å². The van der Waals surface area contributed by atoms with Crippen LogP contribution in [0.2, 0.25) is 0 Å². The second-order valence-electron chi connectivity index (χ2n) is 9.41. The van der Waals surface area contributed by atoms with Crippen molar-refractivity contribution >= 4 is 38.9 Å². The SMILES string of the molecule is O=C(NC(=S)Nc1ccc(S(=O)(=O)N2CCN(C(c3ccccc3)c3ccccc3)CC2)cc1)C1CC1. The summed E-state index contributed by atoms with van der Waals surface area (Å²) < 4.78 is 28.3. The van der Waals surface area contributed by atoms with Gasteiger partial charge < -0.3 is 10.6 Å². The van der Waals surface area contributed by atoms with Crippen molar-refractivity contribution in [2.45, 2.75) is 23.8 Å². The highest BCUT2D eigenvalue weighted by atomic mass is 32.2. The molecule has 3 aromatic rings. The summed E-state index contributed by atoms with van der Waals surface area (Å²) in [5, 5.41) is 5.84. The molecule has 2 N–H and O–H groups in total. The highest BCUT2D eigenvalue weighted by Crippen LogP contribution is 2.31. The van der Waals surface area contributed by atoms with E-state index in [1.54, 1.807) is 28.6 Å². The summed E-state index contributed by atoms with van der Waals surface area (Å²) in [4.78, 5) is 14.5. The van der Waals surface area contributed by atoms with E-state index in [-0.39, 0.29) is 27.9 Å². The molecule has 0 unspecified atom stereocenters. The molecule has 2 fully saturated rings. The zero-order valence-corrected chi connectivity index (χ0v) is 22.0. The Morgan fingerprint density at radius 1 is 0.811 bits per heavy atom. The molecule has 9 heteroatoms. The van der Waals surface area contributed by atoms with Gasteiger partial charge in [-0.3, -0.25) is 9.69 Å². The van der Waals surface area contributed by atoms with Crippen LogP contribution in [0, 0.1) is 5.92 Å². The van der Waals surface area contributed by atoms with E-state index in [9.17, 15) is 13.2 Å². The number of nitrogens with zero attached hydrogens (tertiary/aromatic N) is 2. The number of piperazine rings is 1. The molecule has 0 aromatic heterocycles. The monoisotopic (exact) mass is 534 g/mol. The van der Waals surface area contributed by atoms with Gasteiger partial charge in [-0.25, -0.2) is 8.42 Å². The zero-order chi connectivity index (χ0) is 25.8. The number of anilines is 1. The van der Waals surface area contributed by atoms with Gasteiger partial charge in [0.2, 0.25) is 15.9 Å². The fourth-order valence-corrected chi connectivity index (χ4v) is 6.31. The van der Waals surface area contributed by atoms with Crippen LogP contribution in [0.5, 0.6) is 0 Å². The Bertz CT molecular complexity index is 1300. The van der Waals surface area contributed by atoms with Gasteiger partial charge in [-0.2, -0.15) is 4.31 Å². The highest BCUT2D eigenvalue weighted by molar-refractivity contribution is 7.89. The van der Waals surface area contributed by atoms with E-state index >= 15 is 0 Å². The molecule has 0 radical (unpaired) electrons. The summed E-state index contributed by atoms with van der Waals surface area (Å²) in [7, 11) is -3.63. The molecule has 0 spiro atoms. The average molecular weight is 535 g/mol. The van der Waals surface area contributed by atoms with Crippen LogP contribution in [-0.4, -0.2) is 54.8 Å². The molecule has 192 valence electrons. The Balaban J connectivity index is 1.23. The van der Waals surface area contributed by atoms with Gasteiger partial charge >= 0.3 is 0 Å². The third kappa shape index (κ3) is 6.07. The Kier molecular flexibility index (Phi) is 7.66. The van der Waals surface area contributed by atoms with Gasteiger partial charge in [0, 0.05) is 37.8 Å². The molecule has 37 heavy (non-hydrogen) atoms. The van der Waals surface area contributed by atoms with Crippen molar-refractivity contribution in [3.05, 3.63) is 96.1 Å². The van der Waals surface area contributed by atoms with Crippen molar-refractivity contribution in [3.8, 4) is 0 Å². The van der Waals surface area contributed by atoms with Gasteiger partial charge in [-0.15, -0.1) is 0 Å². The number of hydrogen-bond acceptors (Lipinski definition) is 5. The standard InChI is InChI=1S/C28H30N4O3S2/c33-27(23-11-12-23)30-28(36)29-24-13-15-25(16-14-24)37(34,35)32-19-17-31(18-20-32)26(21-7-3-1-4-8-21)22-9-5-2-6-10-22/h1-10,13-16,23,26H,11-12,17-20H2,(H2,29,30,33,36). The van der Waals surface area contributed by atoms with Gasteiger partial charge in [0.05, 0.1) is 10.9 Å². The normalized spacial score (nSPS) is 16.9. The highest BCUT2D eigenvalue weighted by Gasteiger charge is 2.32. The fraction of sp³-hybridized carbons (Fsp3) is 0.286. The second kappa shape index (κ2) is 11.1. The minimum atomic E-state index is -3.63. The number of carbonyl (C=O) groups excluding carboxylic acids is 1. The predicted octanol–water partition coefficient (Wildman–Crippen LogP) is 4.01. The number of sulfonamides is 1. The van der Waals surface area contributed by atoms with Crippen LogP contribution in [0.1, 0.15) is 30.0 Å². The van der Waals surface area contributed by atoms with Crippen LogP contribution in [0.4, 0.5) is 5.69 Å². The first-order valence-corrected chi connectivity index (χ1v) is 14.3. The van der Waals surface area contributed by atoms with Crippen LogP contribution in [0.15, 0.2) is 89.8 Å². The lowest BCUT2D eigenvalue weighted by Crippen LogP contribution is -2.49. The van der Waals surface area contributed by atoms with Crippen LogP contribution in [0.3, 0.4) is 0 Å². The van der Waals surface area contributed by atoms with Crippen molar-refractivity contribution in [3.63, 3.8) is 0 Å². The van der Waals surface area contributed by atoms with Gasteiger partial charge in [0.1, 0.15) is 0 Å². The average Bonchev–Trinajstić information content (AvgIpc) is 3.77. The van der Waals surface area contributed by atoms with Crippen LogP contribution in [-0.2, 0) is 14.8 Å². The van der Waals surface area contributed by atoms with Crippen molar-refractivity contribution in [1.82, 2.24) is 14.5 Å². The Hall–Kier alpha value is -3.11. The smallest absolute Gasteiger partial charge is 0.243 e. The number of hydrogen-bond donors (Lipinski definition) is 2. The predicted molar refractivity (Wildman–Crippen MR) is 149 cm³/mol. The molecule has 5 rings (SSSR count).